The number of esters is 2. The van der Waals surface area contributed by atoms with Crippen molar-refractivity contribution < 1.29 is 27.5 Å². The van der Waals surface area contributed by atoms with Gasteiger partial charge < -0.3 is 9.47 Å². The lowest BCUT2D eigenvalue weighted by molar-refractivity contribution is -0.154. The summed E-state index contributed by atoms with van der Waals surface area (Å²) in [6.07, 6.45) is -0.447. The molecular formula is C13H24O6S. The monoisotopic (exact) mass is 308 g/mol. The van der Waals surface area contributed by atoms with Gasteiger partial charge in [-0.15, -0.1) is 0 Å². The van der Waals surface area contributed by atoms with E-state index in [1.807, 2.05) is 20.8 Å². The highest BCUT2D eigenvalue weighted by Crippen LogP contribution is 2.19. The quantitative estimate of drug-likeness (QED) is 0.659. The van der Waals surface area contributed by atoms with Crippen LogP contribution in [0.3, 0.4) is 0 Å². The lowest BCUT2D eigenvalue weighted by Crippen LogP contribution is -2.32. The van der Waals surface area contributed by atoms with Crippen molar-refractivity contribution in [1.82, 2.24) is 0 Å². The molecule has 1 atom stereocenters. The van der Waals surface area contributed by atoms with E-state index in [9.17, 15) is 18.0 Å². The fraction of sp³-hybridized carbons (Fsp3) is 0.846. The first-order valence-corrected chi connectivity index (χ1v) is 8.24. The molecule has 0 amide bonds. The first kappa shape index (κ1) is 18.9. The highest BCUT2D eigenvalue weighted by molar-refractivity contribution is 7.91. The number of sulfone groups is 1. The Morgan fingerprint density at radius 1 is 1.10 bits per heavy atom. The maximum absolute atomic E-state index is 12.0. The molecule has 0 bridgehead atoms. The Hall–Kier alpha value is -1.11. The summed E-state index contributed by atoms with van der Waals surface area (Å²) in [6, 6.07) is 0. The van der Waals surface area contributed by atoms with Crippen molar-refractivity contribution >= 4 is 21.8 Å². The van der Waals surface area contributed by atoms with Crippen LogP contribution in [0.15, 0.2) is 0 Å². The molecule has 6 nitrogen and oxygen atoms in total. The second kappa shape index (κ2) is 7.61. The topological polar surface area (TPSA) is 86.7 Å². The SMILES string of the molecule is CC(=O)OCC(CS(=O)(=O)CCC(C)(C)C)OC(C)=O. The van der Waals surface area contributed by atoms with Crippen LogP contribution in [-0.2, 0) is 28.9 Å². The zero-order valence-corrected chi connectivity index (χ0v) is 13.6. The molecule has 0 spiro atoms. The molecule has 0 heterocycles. The third kappa shape index (κ3) is 10.8. The standard InChI is InChI=1S/C13H24O6S/c1-10(14)18-8-12(19-11(2)15)9-20(16,17)7-6-13(3,4)5/h12H,6-9H2,1-5H3. The summed E-state index contributed by atoms with van der Waals surface area (Å²) in [7, 11) is -3.38. The van der Waals surface area contributed by atoms with E-state index in [2.05, 4.69) is 0 Å². The Morgan fingerprint density at radius 3 is 2.05 bits per heavy atom. The van der Waals surface area contributed by atoms with Gasteiger partial charge in [0.1, 0.15) is 12.7 Å². The summed E-state index contributed by atoms with van der Waals surface area (Å²) in [5.41, 5.74) is -0.0973. The first-order chi connectivity index (χ1) is 8.91. The van der Waals surface area contributed by atoms with Crippen LogP contribution in [0.25, 0.3) is 0 Å². The Morgan fingerprint density at radius 2 is 1.65 bits per heavy atom. The van der Waals surface area contributed by atoms with Crippen LogP contribution in [0, 0.1) is 5.41 Å². The lowest BCUT2D eigenvalue weighted by Gasteiger charge is -2.20. The van der Waals surface area contributed by atoms with Gasteiger partial charge in [0.2, 0.25) is 0 Å². The number of rotatable bonds is 7. The van der Waals surface area contributed by atoms with Crippen molar-refractivity contribution in [2.24, 2.45) is 5.41 Å². The predicted octanol–water partition coefficient (Wildman–Crippen LogP) is 1.33. The molecule has 0 aromatic heterocycles. The Bertz CT molecular complexity index is 432. The minimum atomic E-state index is -3.38. The van der Waals surface area contributed by atoms with Gasteiger partial charge in [-0.2, -0.15) is 0 Å². The normalized spacial score (nSPS) is 13.7. The molecule has 7 heteroatoms. The van der Waals surface area contributed by atoms with E-state index in [1.54, 1.807) is 0 Å². The van der Waals surface area contributed by atoms with Crippen LogP contribution in [-0.4, -0.2) is 44.6 Å². The van der Waals surface area contributed by atoms with E-state index in [0.29, 0.717) is 6.42 Å². The first-order valence-electron chi connectivity index (χ1n) is 6.42. The molecule has 0 aromatic rings. The van der Waals surface area contributed by atoms with Crippen molar-refractivity contribution in [3.63, 3.8) is 0 Å². The third-order valence-corrected chi connectivity index (χ3v) is 4.11. The van der Waals surface area contributed by atoms with Gasteiger partial charge in [-0.05, 0) is 11.8 Å². The smallest absolute Gasteiger partial charge is 0.303 e. The number of hydrogen-bond donors (Lipinski definition) is 0. The van der Waals surface area contributed by atoms with E-state index in [-0.39, 0.29) is 23.5 Å². The molecule has 118 valence electrons. The van der Waals surface area contributed by atoms with Gasteiger partial charge in [-0.1, -0.05) is 20.8 Å². The van der Waals surface area contributed by atoms with Gasteiger partial charge in [0.15, 0.2) is 9.84 Å². The maximum atomic E-state index is 12.0. The summed E-state index contributed by atoms with van der Waals surface area (Å²) >= 11 is 0. The van der Waals surface area contributed by atoms with Crippen molar-refractivity contribution in [3.05, 3.63) is 0 Å². The van der Waals surface area contributed by atoms with Crippen LogP contribution in [0.1, 0.15) is 41.0 Å². The zero-order valence-electron chi connectivity index (χ0n) is 12.8. The molecule has 0 aliphatic rings. The minimum Gasteiger partial charge on any atom is -0.462 e. The molecule has 0 rings (SSSR count). The predicted molar refractivity (Wildman–Crippen MR) is 74.9 cm³/mol. The third-order valence-electron chi connectivity index (χ3n) is 2.41. The van der Waals surface area contributed by atoms with Crippen molar-refractivity contribution in [1.29, 1.82) is 0 Å². The summed E-state index contributed by atoms with van der Waals surface area (Å²) in [6.45, 7) is 7.99. The summed E-state index contributed by atoms with van der Waals surface area (Å²) in [5, 5.41) is 0. The van der Waals surface area contributed by atoms with E-state index in [0.717, 1.165) is 0 Å². The Kier molecular flexibility index (Phi) is 7.19. The molecule has 0 aromatic carbocycles. The largest absolute Gasteiger partial charge is 0.462 e. The molecule has 20 heavy (non-hydrogen) atoms. The minimum absolute atomic E-state index is 0.00827. The van der Waals surface area contributed by atoms with E-state index >= 15 is 0 Å². The zero-order chi connectivity index (χ0) is 16.0. The van der Waals surface area contributed by atoms with E-state index in [1.165, 1.54) is 13.8 Å². The van der Waals surface area contributed by atoms with Gasteiger partial charge in [-0.3, -0.25) is 9.59 Å². The fourth-order valence-corrected chi connectivity index (χ4v) is 3.21. The molecule has 0 saturated heterocycles. The molecule has 0 fully saturated rings. The molecule has 0 aliphatic carbocycles. The highest BCUT2D eigenvalue weighted by atomic mass is 32.2. The maximum Gasteiger partial charge on any atom is 0.303 e. The van der Waals surface area contributed by atoms with Crippen LogP contribution in [0.2, 0.25) is 0 Å². The van der Waals surface area contributed by atoms with Crippen LogP contribution < -0.4 is 0 Å². The van der Waals surface area contributed by atoms with Gasteiger partial charge >= 0.3 is 11.9 Å². The second-order valence-electron chi connectivity index (χ2n) is 5.96. The molecule has 0 aliphatic heterocycles. The molecule has 1 unspecified atom stereocenters. The van der Waals surface area contributed by atoms with Crippen LogP contribution >= 0.6 is 0 Å². The number of carbonyl (C=O) groups is 2. The number of ether oxygens (including phenoxy) is 2. The molecule has 0 N–H and O–H groups in total. The summed E-state index contributed by atoms with van der Waals surface area (Å²) < 4.78 is 33.6. The average Bonchev–Trinajstić information content (AvgIpc) is 2.21. The molecular weight excluding hydrogens is 284 g/mol. The fourth-order valence-electron chi connectivity index (χ4n) is 1.39. The van der Waals surface area contributed by atoms with Gasteiger partial charge in [0, 0.05) is 13.8 Å². The van der Waals surface area contributed by atoms with Gasteiger partial charge in [0.25, 0.3) is 0 Å². The average molecular weight is 308 g/mol. The van der Waals surface area contributed by atoms with Crippen LogP contribution in [0.5, 0.6) is 0 Å². The Labute approximate surface area is 120 Å². The Balaban J connectivity index is 4.60. The van der Waals surface area contributed by atoms with Crippen molar-refractivity contribution in [2.45, 2.75) is 47.1 Å². The van der Waals surface area contributed by atoms with E-state index in [4.69, 9.17) is 9.47 Å². The lowest BCUT2D eigenvalue weighted by atomic mass is 9.94. The highest BCUT2D eigenvalue weighted by Gasteiger charge is 2.24. The van der Waals surface area contributed by atoms with Crippen LogP contribution in [0.4, 0.5) is 0 Å². The van der Waals surface area contributed by atoms with Crippen molar-refractivity contribution in [3.8, 4) is 0 Å². The second-order valence-corrected chi connectivity index (χ2v) is 8.19. The summed E-state index contributed by atoms with van der Waals surface area (Å²) in [5.74, 6) is -1.48. The van der Waals surface area contributed by atoms with Gasteiger partial charge in [-0.25, -0.2) is 8.42 Å². The number of carbonyl (C=O) groups excluding carboxylic acids is 2. The molecule has 0 radical (unpaired) electrons. The van der Waals surface area contributed by atoms with Crippen molar-refractivity contribution in [2.75, 3.05) is 18.1 Å². The summed E-state index contributed by atoms with van der Waals surface area (Å²) in [4.78, 5) is 21.7. The molecule has 0 saturated carbocycles. The van der Waals surface area contributed by atoms with Gasteiger partial charge in [0.05, 0.1) is 11.5 Å². The van der Waals surface area contributed by atoms with E-state index < -0.39 is 27.9 Å². The number of hydrogen-bond acceptors (Lipinski definition) is 6.